The molecule has 1 unspecified atom stereocenters. The Morgan fingerprint density at radius 3 is 2.16 bits per heavy atom. The number of halogens is 3. The average molecular weight is 786 g/mol. The Morgan fingerprint density at radius 2 is 1.58 bits per heavy atom. The number of hydrazine groups is 1. The van der Waals surface area contributed by atoms with Crippen LogP contribution in [0.25, 0.3) is 16.9 Å². The first-order valence-electron chi connectivity index (χ1n) is 16.5. The van der Waals surface area contributed by atoms with Crippen LogP contribution in [0.15, 0.2) is 89.0 Å². The van der Waals surface area contributed by atoms with Crippen LogP contribution >= 0.6 is 0 Å². The molecule has 0 saturated carbocycles. The summed E-state index contributed by atoms with van der Waals surface area (Å²) in [4.78, 5) is 55.5. The first-order valence-corrected chi connectivity index (χ1v) is 18.0. The fraction of sp³-hybridized carbons (Fsp3) is 0.286. The van der Waals surface area contributed by atoms with E-state index in [0.29, 0.717) is 5.56 Å². The van der Waals surface area contributed by atoms with Crippen LogP contribution in [0.2, 0.25) is 0 Å². The van der Waals surface area contributed by atoms with Gasteiger partial charge in [0.15, 0.2) is 5.69 Å². The summed E-state index contributed by atoms with van der Waals surface area (Å²) >= 11 is 0. The number of hydrogen-bond donors (Lipinski definition) is 1. The maximum atomic E-state index is 13.5. The van der Waals surface area contributed by atoms with E-state index in [1.54, 1.807) is 36.4 Å². The SMILES string of the molecule is Cc1ccc(-c2cc(C(F)(F)F)nn2-c2ccc(S(=O)(=O)NC(=O)CCC(=O)OC[C@H](C)N(C)[N+]([O-])=NOC(C)N3C(=O)c4ccccc4C3=O)cc2)cc1. The average Bonchev–Trinajstić information content (AvgIpc) is 3.71. The number of aryl methyl sites for hydroxylation is 1. The second-order valence-electron chi connectivity index (χ2n) is 12.4. The molecule has 20 heteroatoms. The number of imide groups is 1. The molecular weight excluding hydrogens is 751 g/mol. The third-order valence-electron chi connectivity index (χ3n) is 8.40. The second kappa shape index (κ2) is 16.0. The van der Waals surface area contributed by atoms with Crippen LogP contribution in [0.5, 0.6) is 0 Å². The van der Waals surface area contributed by atoms with Crippen LogP contribution in [-0.2, 0) is 35.4 Å². The molecule has 1 aliphatic rings. The number of benzene rings is 3. The van der Waals surface area contributed by atoms with E-state index < -0.39 is 70.7 Å². The van der Waals surface area contributed by atoms with Crippen LogP contribution < -0.4 is 4.72 Å². The highest BCUT2D eigenvalue weighted by Gasteiger charge is 2.40. The summed E-state index contributed by atoms with van der Waals surface area (Å²) < 4.78 is 74.4. The maximum Gasteiger partial charge on any atom is 0.435 e. The van der Waals surface area contributed by atoms with E-state index in [0.717, 1.165) is 38.4 Å². The minimum Gasteiger partial charge on any atom is -0.569 e. The van der Waals surface area contributed by atoms with Gasteiger partial charge in [-0.1, -0.05) is 42.0 Å². The molecule has 4 aromatic rings. The van der Waals surface area contributed by atoms with Crippen LogP contribution in [0, 0.1) is 12.1 Å². The van der Waals surface area contributed by atoms with Gasteiger partial charge < -0.3 is 14.8 Å². The molecule has 0 bridgehead atoms. The number of hydrogen-bond acceptors (Lipinski definition) is 11. The number of carbonyl (C=O) groups is 4. The van der Waals surface area contributed by atoms with Crippen LogP contribution in [0.1, 0.15) is 58.7 Å². The summed E-state index contributed by atoms with van der Waals surface area (Å²) in [6.45, 7) is 4.32. The normalized spacial score (nSPS) is 14.3. The largest absolute Gasteiger partial charge is 0.569 e. The van der Waals surface area contributed by atoms with E-state index in [4.69, 9.17) is 9.57 Å². The molecule has 0 fully saturated rings. The first-order chi connectivity index (χ1) is 25.9. The van der Waals surface area contributed by atoms with Gasteiger partial charge >= 0.3 is 12.1 Å². The lowest BCUT2D eigenvalue weighted by Gasteiger charge is -2.22. The molecule has 1 aliphatic heterocycles. The minimum atomic E-state index is -4.74. The summed E-state index contributed by atoms with van der Waals surface area (Å²) in [6.07, 6.45) is -7.07. The van der Waals surface area contributed by atoms with Gasteiger partial charge in [0.2, 0.25) is 17.4 Å². The van der Waals surface area contributed by atoms with Crippen molar-refractivity contribution < 1.29 is 55.3 Å². The van der Waals surface area contributed by atoms with Crippen molar-refractivity contribution in [2.24, 2.45) is 5.28 Å². The Balaban J connectivity index is 1.10. The topological polar surface area (TPSA) is 196 Å². The van der Waals surface area contributed by atoms with E-state index >= 15 is 0 Å². The van der Waals surface area contributed by atoms with Gasteiger partial charge in [-0.05, 0) is 63.2 Å². The molecular formula is C35H34F3N7O9S. The Hall–Kier alpha value is -6.31. The number of fused-ring (bicyclic) bond motifs is 1. The highest BCUT2D eigenvalue weighted by atomic mass is 32.2. The van der Waals surface area contributed by atoms with Crippen molar-refractivity contribution in [3.8, 4) is 16.9 Å². The molecule has 2 heterocycles. The smallest absolute Gasteiger partial charge is 0.435 e. The van der Waals surface area contributed by atoms with Gasteiger partial charge in [0.05, 0.1) is 45.8 Å². The lowest BCUT2D eigenvalue weighted by molar-refractivity contribution is -0.713. The maximum absolute atomic E-state index is 13.5. The lowest BCUT2D eigenvalue weighted by atomic mass is 10.1. The van der Waals surface area contributed by atoms with E-state index in [9.17, 15) is 46.0 Å². The Bertz CT molecular complexity index is 2210. The zero-order chi connectivity index (χ0) is 40.2. The number of nitrogens with zero attached hydrogens (tertiary/aromatic N) is 6. The molecule has 290 valence electrons. The summed E-state index contributed by atoms with van der Waals surface area (Å²) in [5, 5.41) is 20.5. The van der Waals surface area contributed by atoms with Gasteiger partial charge in [-0.25, -0.2) is 22.7 Å². The predicted molar refractivity (Wildman–Crippen MR) is 185 cm³/mol. The number of carbonyl (C=O) groups excluding carboxylic acids is 4. The van der Waals surface area contributed by atoms with E-state index in [2.05, 4.69) is 10.4 Å². The molecule has 0 radical (unpaired) electrons. The summed E-state index contributed by atoms with van der Waals surface area (Å²) in [6, 6.07) is 17.6. The molecule has 3 aromatic carbocycles. The van der Waals surface area contributed by atoms with E-state index in [-0.39, 0.29) is 39.0 Å². The second-order valence-corrected chi connectivity index (χ2v) is 14.1. The van der Waals surface area contributed by atoms with Crippen molar-refractivity contribution >= 4 is 33.7 Å². The minimum absolute atomic E-state index is 0.0236. The summed E-state index contributed by atoms with van der Waals surface area (Å²) in [7, 11) is -3.15. The van der Waals surface area contributed by atoms with Crippen molar-refractivity contribution in [1.29, 1.82) is 0 Å². The molecule has 0 aliphatic carbocycles. The molecule has 55 heavy (non-hydrogen) atoms. The van der Waals surface area contributed by atoms with Crippen LogP contribution in [-0.4, -0.2) is 82.7 Å². The van der Waals surface area contributed by atoms with Crippen molar-refractivity contribution in [2.75, 3.05) is 13.7 Å². The van der Waals surface area contributed by atoms with Crippen molar-refractivity contribution in [3.63, 3.8) is 0 Å². The number of sulfonamides is 1. The van der Waals surface area contributed by atoms with Gasteiger partial charge in [0.1, 0.15) is 12.6 Å². The third-order valence-corrected chi connectivity index (χ3v) is 9.78. The van der Waals surface area contributed by atoms with E-state index in [1.807, 2.05) is 11.6 Å². The van der Waals surface area contributed by atoms with Gasteiger partial charge in [0, 0.05) is 12.0 Å². The third kappa shape index (κ3) is 9.08. The van der Waals surface area contributed by atoms with Crippen molar-refractivity contribution in [3.05, 3.63) is 106 Å². The number of amides is 3. The van der Waals surface area contributed by atoms with E-state index in [1.165, 1.54) is 45.2 Å². The Labute approximate surface area is 312 Å². The number of rotatable bonds is 14. The molecule has 0 saturated heterocycles. The number of ether oxygens (including phenoxy) is 1. The zero-order valence-electron chi connectivity index (χ0n) is 29.7. The molecule has 3 amide bonds. The Kier molecular flexibility index (Phi) is 11.6. The fourth-order valence-electron chi connectivity index (χ4n) is 5.20. The lowest BCUT2D eigenvalue weighted by Crippen LogP contribution is -2.41. The summed E-state index contributed by atoms with van der Waals surface area (Å²) in [5.41, 5.74) is 0.806. The zero-order valence-corrected chi connectivity index (χ0v) is 30.5. The predicted octanol–water partition coefficient (Wildman–Crippen LogP) is 4.77. The standard InChI is InChI=1S/C35H34F3N7O9S/c1-21-9-11-24(12-10-21)29-19-30(35(36,37)38)39-44(29)25-13-15-26(16-14-25)55(51,52)40-31(46)17-18-32(47)53-20-22(2)42(4)45(50)41-54-23(3)43-33(48)27-7-5-6-8-28(27)34(43)49/h5-16,19,22-23H,17-18,20H2,1-4H3,(H,40,46)/t22-,23?/m0/s1. The van der Waals surface area contributed by atoms with Crippen molar-refractivity contribution in [1.82, 2.24) is 24.4 Å². The molecule has 1 N–H and O–H groups in total. The molecule has 2 atom stereocenters. The number of alkyl halides is 3. The van der Waals surface area contributed by atoms with Gasteiger partial charge in [0.25, 0.3) is 21.8 Å². The highest BCUT2D eigenvalue weighted by molar-refractivity contribution is 7.90. The summed E-state index contributed by atoms with van der Waals surface area (Å²) in [5.74, 6) is -3.14. The molecule has 0 spiro atoms. The number of likely N-dealkylation sites (N-methyl/N-ethyl adjacent to an activating group) is 1. The number of nitrogens with one attached hydrogen (secondary N) is 1. The van der Waals surface area contributed by atoms with Crippen molar-refractivity contribution in [2.45, 2.75) is 57.0 Å². The quantitative estimate of drug-likeness (QED) is 0.0608. The van der Waals surface area contributed by atoms with Crippen LogP contribution in [0.4, 0.5) is 13.2 Å². The molecule has 1 aromatic heterocycles. The number of aromatic nitrogens is 2. The van der Waals surface area contributed by atoms with Crippen LogP contribution in [0.3, 0.4) is 0 Å². The van der Waals surface area contributed by atoms with Gasteiger partial charge in [-0.15, -0.1) is 5.01 Å². The fourth-order valence-corrected chi connectivity index (χ4v) is 6.22. The van der Waals surface area contributed by atoms with Gasteiger partial charge in [-0.3, -0.25) is 19.2 Å². The monoisotopic (exact) mass is 785 g/mol. The van der Waals surface area contributed by atoms with Gasteiger partial charge in [-0.2, -0.15) is 18.3 Å². The molecule has 16 nitrogen and oxygen atoms in total. The highest BCUT2D eigenvalue weighted by Crippen LogP contribution is 2.33. The first kappa shape index (κ1) is 39.9. The Morgan fingerprint density at radius 1 is 0.982 bits per heavy atom. The molecule has 5 rings (SSSR count). The number of esters is 1.